The van der Waals surface area contributed by atoms with Crippen molar-refractivity contribution in [3.05, 3.63) is 71.9 Å². The first-order chi connectivity index (χ1) is 14.6. The van der Waals surface area contributed by atoms with Gasteiger partial charge in [0.1, 0.15) is 11.6 Å². The van der Waals surface area contributed by atoms with Crippen LogP contribution in [0.25, 0.3) is 0 Å². The molecule has 1 N–H and O–H groups in total. The van der Waals surface area contributed by atoms with Crippen LogP contribution < -0.4 is 10.2 Å². The van der Waals surface area contributed by atoms with Gasteiger partial charge in [-0.05, 0) is 31.5 Å². The summed E-state index contributed by atoms with van der Waals surface area (Å²) in [5, 5.41) is 12.8. The van der Waals surface area contributed by atoms with Gasteiger partial charge in [0.05, 0.1) is 24.6 Å². The third-order valence-electron chi connectivity index (χ3n) is 5.06. The highest BCUT2D eigenvalue weighted by Gasteiger charge is 2.22. The molecule has 0 atom stereocenters. The van der Waals surface area contributed by atoms with Crippen molar-refractivity contribution in [2.45, 2.75) is 26.4 Å². The molecule has 156 valence electrons. The number of anilines is 2. The molecule has 0 aliphatic carbocycles. The molecule has 1 fully saturated rings. The van der Waals surface area contributed by atoms with E-state index in [0.29, 0.717) is 19.8 Å². The van der Waals surface area contributed by atoms with Crippen molar-refractivity contribution in [3.63, 3.8) is 0 Å². The minimum absolute atomic E-state index is 0.0323. The quantitative estimate of drug-likeness (QED) is 0.562. The van der Waals surface area contributed by atoms with Gasteiger partial charge in [0.2, 0.25) is 0 Å². The fourth-order valence-corrected chi connectivity index (χ4v) is 3.39. The zero-order valence-corrected chi connectivity index (χ0v) is 17.5. The molecule has 0 unspecified atom stereocenters. The zero-order chi connectivity index (χ0) is 21.3. The van der Waals surface area contributed by atoms with Gasteiger partial charge >= 0.3 is 0 Å². The molecule has 0 radical (unpaired) electrons. The van der Waals surface area contributed by atoms with E-state index in [1.807, 2.05) is 68.4 Å². The molecule has 6 heteroatoms. The predicted octanol–water partition coefficient (Wildman–Crippen LogP) is 3.78. The maximum absolute atomic E-state index is 13.1. The van der Waals surface area contributed by atoms with E-state index in [1.54, 1.807) is 4.90 Å². The van der Waals surface area contributed by atoms with E-state index < -0.39 is 0 Å². The van der Waals surface area contributed by atoms with Gasteiger partial charge in [-0.1, -0.05) is 42.5 Å². The monoisotopic (exact) mass is 404 g/mol. The molecular weight excluding hydrogens is 376 g/mol. The number of benzene rings is 2. The standard InChI is InChI=1S/C24H28N4O2/c1-19(2)28(18-20-8-4-3-5-9-20)24(29)21(16-25)17-26-22-10-6-7-11-23(22)27-12-14-30-15-13-27/h3-11,17,19,26H,12-15,18H2,1-2H3/b21-17-. The molecule has 0 bridgehead atoms. The van der Waals surface area contributed by atoms with Crippen LogP contribution in [0, 0.1) is 11.3 Å². The topological polar surface area (TPSA) is 68.6 Å². The third kappa shape index (κ3) is 5.40. The Morgan fingerprint density at radius 3 is 2.50 bits per heavy atom. The first kappa shape index (κ1) is 21.4. The van der Waals surface area contributed by atoms with Gasteiger partial charge in [-0.15, -0.1) is 0 Å². The summed E-state index contributed by atoms with van der Waals surface area (Å²) < 4.78 is 5.44. The maximum atomic E-state index is 13.1. The van der Waals surface area contributed by atoms with Crippen molar-refractivity contribution in [1.29, 1.82) is 5.26 Å². The molecule has 0 spiro atoms. The van der Waals surface area contributed by atoms with Crippen molar-refractivity contribution in [2.24, 2.45) is 0 Å². The number of hydrogen-bond acceptors (Lipinski definition) is 5. The molecule has 30 heavy (non-hydrogen) atoms. The summed E-state index contributed by atoms with van der Waals surface area (Å²) in [6.45, 7) is 7.37. The lowest BCUT2D eigenvalue weighted by Gasteiger charge is -2.30. The highest BCUT2D eigenvalue weighted by Crippen LogP contribution is 2.26. The van der Waals surface area contributed by atoms with Crippen LogP contribution in [0.3, 0.4) is 0 Å². The van der Waals surface area contributed by atoms with Gasteiger partial charge in [0, 0.05) is 31.9 Å². The van der Waals surface area contributed by atoms with Gasteiger partial charge in [0.15, 0.2) is 0 Å². The van der Waals surface area contributed by atoms with Gasteiger partial charge < -0.3 is 19.9 Å². The van der Waals surface area contributed by atoms with Crippen LogP contribution in [0.1, 0.15) is 19.4 Å². The summed E-state index contributed by atoms with van der Waals surface area (Å²) in [5.41, 5.74) is 3.00. The Balaban J connectivity index is 1.78. The largest absolute Gasteiger partial charge is 0.378 e. The number of carbonyl (C=O) groups is 1. The molecule has 0 saturated carbocycles. The normalized spacial score (nSPS) is 14.3. The highest BCUT2D eigenvalue weighted by atomic mass is 16.5. The minimum atomic E-state index is -0.285. The van der Waals surface area contributed by atoms with Crippen LogP contribution in [0.15, 0.2) is 66.4 Å². The predicted molar refractivity (Wildman–Crippen MR) is 119 cm³/mol. The third-order valence-corrected chi connectivity index (χ3v) is 5.06. The SMILES string of the molecule is CC(C)N(Cc1ccccc1)C(=O)/C(C#N)=C\Nc1ccccc1N1CCOCC1. The van der Waals surface area contributed by atoms with Gasteiger partial charge in [-0.3, -0.25) is 4.79 Å². The van der Waals surface area contributed by atoms with E-state index in [2.05, 4.69) is 16.3 Å². The number of carbonyl (C=O) groups excluding carboxylic acids is 1. The van der Waals surface area contributed by atoms with Gasteiger partial charge in [-0.2, -0.15) is 5.26 Å². The summed E-state index contributed by atoms with van der Waals surface area (Å²) >= 11 is 0. The van der Waals surface area contributed by atoms with E-state index >= 15 is 0 Å². The second-order valence-electron chi connectivity index (χ2n) is 7.44. The van der Waals surface area contributed by atoms with Crippen LogP contribution in [0.5, 0.6) is 0 Å². The van der Waals surface area contributed by atoms with E-state index in [0.717, 1.165) is 30.0 Å². The molecular formula is C24H28N4O2. The molecule has 1 heterocycles. The highest BCUT2D eigenvalue weighted by molar-refractivity contribution is 5.97. The maximum Gasteiger partial charge on any atom is 0.266 e. The lowest BCUT2D eigenvalue weighted by molar-refractivity contribution is -0.129. The molecule has 1 saturated heterocycles. The number of hydrogen-bond donors (Lipinski definition) is 1. The smallest absolute Gasteiger partial charge is 0.266 e. The number of amides is 1. The molecule has 2 aromatic rings. The number of morpholine rings is 1. The van der Waals surface area contributed by atoms with E-state index in [-0.39, 0.29) is 17.5 Å². The first-order valence-corrected chi connectivity index (χ1v) is 10.2. The number of para-hydroxylation sites is 2. The molecule has 1 amide bonds. The molecule has 2 aromatic carbocycles. The van der Waals surface area contributed by atoms with Gasteiger partial charge in [0.25, 0.3) is 5.91 Å². The van der Waals surface area contributed by atoms with Gasteiger partial charge in [-0.25, -0.2) is 0 Å². The Kier molecular flexibility index (Phi) is 7.47. The summed E-state index contributed by atoms with van der Waals surface area (Å²) in [5.74, 6) is -0.285. The number of nitrogens with zero attached hydrogens (tertiary/aromatic N) is 3. The van der Waals surface area contributed by atoms with Crippen LogP contribution in [-0.4, -0.2) is 43.2 Å². The fraction of sp³-hybridized carbons (Fsp3) is 0.333. The van der Waals surface area contributed by atoms with Crippen LogP contribution in [0.4, 0.5) is 11.4 Å². The van der Waals surface area contributed by atoms with Crippen molar-refractivity contribution in [2.75, 3.05) is 36.5 Å². The number of nitriles is 1. The van der Waals surface area contributed by atoms with Crippen LogP contribution in [0.2, 0.25) is 0 Å². The first-order valence-electron chi connectivity index (χ1n) is 10.2. The average molecular weight is 405 g/mol. The fourth-order valence-electron chi connectivity index (χ4n) is 3.39. The molecule has 1 aliphatic rings. The van der Waals surface area contributed by atoms with Crippen LogP contribution in [-0.2, 0) is 16.1 Å². The summed E-state index contributed by atoms with van der Waals surface area (Å²) in [4.78, 5) is 17.0. The van der Waals surface area contributed by atoms with E-state index in [1.165, 1.54) is 6.20 Å². The number of rotatable bonds is 7. The van der Waals surface area contributed by atoms with Crippen molar-refractivity contribution < 1.29 is 9.53 Å². The average Bonchev–Trinajstić information content (AvgIpc) is 2.79. The second kappa shape index (κ2) is 10.5. The van der Waals surface area contributed by atoms with Crippen LogP contribution >= 0.6 is 0 Å². The Labute approximate surface area is 178 Å². The van der Waals surface area contributed by atoms with Crippen molar-refractivity contribution >= 4 is 17.3 Å². The van der Waals surface area contributed by atoms with E-state index in [4.69, 9.17) is 4.74 Å². The molecule has 0 aromatic heterocycles. The summed E-state index contributed by atoms with van der Waals surface area (Å²) in [6.07, 6.45) is 1.52. The second-order valence-corrected chi connectivity index (χ2v) is 7.44. The Bertz CT molecular complexity index is 912. The van der Waals surface area contributed by atoms with E-state index in [9.17, 15) is 10.1 Å². The Morgan fingerprint density at radius 2 is 1.83 bits per heavy atom. The lowest BCUT2D eigenvalue weighted by atomic mass is 10.1. The molecule has 3 rings (SSSR count). The van der Waals surface area contributed by atoms with Crippen molar-refractivity contribution in [3.8, 4) is 6.07 Å². The zero-order valence-electron chi connectivity index (χ0n) is 17.5. The Morgan fingerprint density at radius 1 is 1.17 bits per heavy atom. The lowest BCUT2D eigenvalue weighted by Crippen LogP contribution is -2.37. The van der Waals surface area contributed by atoms with Crippen molar-refractivity contribution in [1.82, 2.24) is 4.90 Å². The molecule has 6 nitrogen and oxygen atoms in total. The summed E-state index contributed by atoms with van der Waals surface area (Å²) in [7, 11) is 0. The summed E-state index contributed by atoms with van der Waals surface area (Å²) in [6, 6.07) is 19.7. The molecule has 1 aliphatic heterocycles. The minimum Gasteiger partial charge on any atom is -0.378 e. The Hall–Kier alpha value is -3.30. The number of ether oxygens (including phenoxy) is 1. The number of nitrogens with one attached hydrogen (secondary N) is 1.